The van der Waals surface area contributed by atoms with Gasteiger partial charge in [0.15, 0.2) is 11.5 Å². The maximum Gasteiger partial charge on any atom is 0.319 e. The Hall–Kier alpha value is -2.80. The predicted molar refractivity (Wildman–Crippen MR) is 123 cm³/mol. The number of rotatable bonds is 5. The summed E-state index contributed by atoms with van der Waals surface area (Å²) >= 11 is 0. The standard InChI is InChI=1S/C25H32N4O3/c30-24(27-20-9-16-29(17-10-20)15-8-19-6-13-26-14-7-19)28-21-4-5-22-23(18-21)32-25(31-22)11-2-1-3-12-25/h4-7,13-14,18,20H,1-3,8-12,15-17H2,(H2,27,28,30). The fraction of sp³-hybridized carbons (Fsp3) is 0.520. The average Bonchev–Trinajstić information content (AvgIpc) is 3.16. The molecular weight excluding hydrogens is 404 g/mol. The SMILES string of the molecule is O=C(Nc1ccc2c(c1)OC1(CCCCC1)O2)NC1CCN(CCc2ccncc2)CC1. The molecule has 2 N–H and O–H groups in total. The van der Waals surface area contributed by atoms with Crippen LogP contribution in [0.5, 0.6) is 11.5 Å². The van der Waals surface area contributed by atoms with Gasteiger partial charge in [-0.25, -0.2) is 4.79 Å². The summed E-state index contributed by atoms with van der Waals surface area (Å²) in [5.41, 5.74) is 2.05. The summed E-state index contributed by atoms with van der Waals surface area (Å²) in [5, 5.41) is 6.09. The number of pyridine rings is 1. The van der Waals surface area contributed by atoms with Crippen molar-refractivity contribution >= 4 is 11.7 Å². The lowest BCUT2D eigenvalue weighted by Gasteiger charge is -2.32. The van der Waals surface area contributed by atoms with Crippen LogP contribution >= 0.6 is 0 Å². The van der Waals surface area contributed by atoms with Crippen LogP contribution in [0.3, 0.4) is 0 Å². The molecule has 5 rings (SSSR count). The number of nitrogens with zero attached hydrogens (tertiary/aromatic N) is 2. The van der Waals surface area contributed by atoms with Crippen molar-refractivity contribution in [1.82, 2.24) is 15.2 Å². The summed E-state index contributed by atoms with van der Waals surface area (Å²) in [6.07, 6.45) is 12.0. The number of anilines is 1. The molecule has 1 aromatic heterocycles. The minimum absolute atomic E-state index is 0.161. The van der Waals surface area contributed by atoms with E-state index in [9.17, 15) is 4.79 Å². The van der Waals surface area contributed by atoms with Crippen molar-refractivity contribution in [1.29, 1.82) is 0 Å². The van der Waals surface area contributed by atoms with E-state index in [4.69, 9.17) is 9.47 Å². The molecule has 32 heavy (non-hydrogen) atoms. The zero-order chi connectivity index (χ0) is 21.8. The van der Waals surface area contributed by atoms with Crippen LogP contribution in [0, 0.1) is 0 Å². The van der Waals surface area contributed by atoms with Gasteiger partial charge in [0.25, 0.3) is 5.79 Å². The molecule has 0 radical (unpaired) electrons. The quantitative estimate of drug-likeness (QED) is 0.729. The zero-order valence-corrected chi connectivity index (χ0v) is 18.5. The molecule has 2 aromatic rings. The smallest absolute Gasteiger partial charge is 0.319 e. The summed E-state index contributed by atoms with van der Waals surface area (Å²) < 4.78 is 12.3. The number of likely N-dealkylation sites (tertiary alicyclic amines) is 1. The number of fused-ring (bicyclic) bond motifs is 1. The molecule has 3 heterocycles. The van der Waals surface area contributed by atoms with Crippen molar-refractivity contribution in [2.75, 3.05) is 25.0 Å². The Morgan fingerprint density at radius 2 is 1.78 bits per heavy atom. The Balaban J connectivity index is 1.07. The highest BCUT2D eigenvalue weighted by atomic mass is 16.7. The van der Waals surface area contributed by atoms with Crippen molar-refractivity contribution in [2.24, 2.45) is 0 Å². The number of carbonyl (C=O) groups is 1. The van der Waals surface area contributed by atoms with Crippen LogP contribution in [-0.2, 0) is 6.42 Å². The Kier molecular flexibility index (Phi) is 6.17. The summed E-state index contributed by atoms with van der Waals surface area (Å²) in [6.45, 7) is 3.05. The van der Waals surface area contributed by atoms with Crippen molar-refractivity contribution in [3.8, 4) is 11.5 Å². The molecule has 2 aliphatic heterocycles. The molecule has 7 nitrogen and oxygen atoms in total. The largest absolute Gasteiger partial charge is 0.448 e. The van der Waals surface area contributed by atoms with Crippen LogP contribution in [0.15, 0.2) is 42.7 Å². The molecule has 1 aromatic carbocycles. The molecule has 1 saturated heterocycles. The first-order valence-corrected chi connectivity index (χ1v) is 11.9. The highest BCUT2D eigenvalue weighted by Crippen LogP contribution is 2.46. The van der Waals surface area contributed by atoms with Crippen molar-refractivity contribution < 1.29 is 14.3 Å². The van der Waals surface area contributed by atoms with E-state index in [0.29, 0.717) is 0 Å². The number of piperidine rings is 1. The number of urea groups is 1. The molecule has 0 unspecified atom stereocenters. The van der Waals surface area contributed by atoms with Gasteiger partial charge in [-0.3, -0.25) is 4.98 Å². The number of ether oxygens (including phenoxy) is 2. The first-order valence-electron chi connectivity index (χ1n) is 11.9. The van der Waals surface area contributed by atoms with Crippen LogP contribution in [0.1, 0.15) is 50.5 Å². The highest BCUT2D eigenvalue weighted by molar-refractivity contribution is 5.89. The molecule has 1 saturated carbocycles. The highest BCUT2D eigenvalue weighted by Gasteiger charge is 2.42. The first kappa shape index (κ1) is 21.1. The molecule has 0 bridgehead atoms. The Labute approximate surface area is 189 Å². The second-order valence-electron chi connectivity index (χ2n) is 9.16. The second-order valence-corrected chi connectivity index (χ2v) is 9.16. The van der Waals surface area contributed by atoms with E-state index >= 15 is 0 Å². The second kappa shape index (κ2) is 9.36. The third-order valence-corrected chi connectivity index (χ3v) is 6.80. The first-order chi connectivity index (χ1) is 15.7. The van der Waals surface area contributed by atoms with Crippen molar-refractivity contribution in [2.45, 2.75) is 63.2 Å². The van der Waals surface area contributed by atoms with Gasteiger partial charge in [0, 0.05) is 62.7 Å². The van der Waals surface area contributed by atoms with Crippen molar-refractivity contribution in [3.05, 3.63) is 48.3 Å². The van der Waals surface area contributed by atoms with E-state index in [1.807, 2.05) is 30.6 Å². The number of carbonyl (C=O) groups excluding carboxylic acids is 1. The topological polar surface area (TPSA) is 75.7 Å². The van der Waals surface area contributed by atoms with E-state index < -0.39 is 5.79 Å². The van der Waals surface area contributed by atoms with E-state index in [-0.39, 0.29) is 12.1 Å². The van der Waals surface area contributed by atoms with E-state index in [2.05, 4.69) is 32.7 Å². The van der Waals surface area contributed by atoms with Gasteiger partial charge in [-0.05, 0) is 61.9 Å². The molecule has 2 amide bonds. The van der Waals surface area contributed by atoms with Gasteiger partial charge in [-0.1, -0.05) is 6.42 Å². The van der Waals surface area contributed by atoms with Gasteiger partial charge in [0.1, 0.15) is 0 Å². The average molecular weight is 437 g/mol. The van der Waals surface area contributed by atoms with Crippen LogP contribution in [0.4, 0.5) is 10.5 Å². The minimum atomic E-state index is -0.493. The molecule has 3 aliphatic rings. The van der Waals surface area contributed by atoms with Gasteiger partial charge in [0.2, 0.25) is 0 Å². The number of hydrogen-bond donors (Lipinski definition) is 2. The number of nitrogens with one attached hydrogen (secondary N) is 2. The zero-order valence-electron chi connectivity index (χ0n) is 18.5. The molecular formula is C25H32N4O3. The fourth-order valence-electron chi connectivity index (χ4n) is 4.96. The Morgan fingerprint density at radius 3 is 2.56 bits per heavy atom. The summed E-state index contributed by atoms with van der Waals surface area (Å²) in [5.74, 6) is 1.01. The third-order valence-electron chi connectivity index (χ3n) is 6.80. The number of aromatic nitrogens is 1. The fourth-order valence-corrected chi connectivity index (χ4v) is 4.96. The lowest BCUT2D eigenvalue weighted by molar-refractivity contribution is -0.105. The molecule has 2 fully saturated rings. The summed E-state index contributed by atoms with van der Waals surface area (Å²) in [7, 11) is 0. The van der Waals surface area contributed by atoms with E-state index in [0.717, 1.165) is 81.8 Å². The molecule has 0 atom stereocenters. The van der Waals surface area contributed by atoms with Gasteiger partial charge in [-0.2, -0.15) is 0 Å². The lowest BCUT2D eigenvalue weighted by Crippen LogP contribution is -2.46. The van der Waals surface area contributed by atoms with Crippen LogP contribution in [0.2, 0.25) is 0 Å². The van der Waals surface area contributed by atoms with Crippen LogP contribution < -0.4 is 20.1 Å². The Bertz CT molecular complexity index is 922. The van der Waals surface area contributed by atoms with E-state index in [1.165, 1.54) is 12.0 Å². The molecule has 1 spiro atoms. The van der Waals surface area contributed by atoms with Crippen LogP contribution in [0.25, 0.3) is 0 Å². The predicted octanol–water partition coefficient (Wildman–Crippen LogP) is 4.34. The molecule has 1 aliphatic carbocycles. The normalized spacial score (nSPS) is 20.2. The molecule has 170 valence electrons. The van der Waals surface area contributed by atoms with Gasteiger partial charge in [0.05, 0.1) is 0 Å². The maximum absolute atomic E-state index is 12.6. The monoisotopic (exact) mass is 436 g/mol. The summed E-state index contributed by atoms with van der Waals surface area (Å²) in [4.78, 5) is 19.1. The minimum Gasteiger partial charge on any atom is -0.448 e. The summed E-state index contributed by atoms with van der Waals surface area (Å²) in [6, 6.07) is 9.84. The maximum atomic E-state index is 12.6. The van der Waals surface area contributed by atoms with Gasteiger partial charge >= 0.3 is 6.03 Å². The number of benzene rings is 1. The van der Waals surface area contributed by atoms with Gasteiger partial charge in [-0.15, -0.1) is 0 Å². The Morgan fingerprint density at radius 1 is 1.03 bits per heavy atom. The van der Waals surface area contributed by atoms with Crippen LogP contribution in [-0.4, -0.2) is 47.4 Å². The number of hydrogen-bond acceptors (Lipinski definition) is 5. The molecule has 7 heteroatoms. The van der Waals surface area contributed by atoms with Crippen molar-refractivity contribution in [3.63, 3.8) is 0 Å². The number of amides is 2. The third kappa shape index (κ3) is 4.99. The van der Waals surface area contributed by atoms with Gasteiger partial charge < -0.3 is 25.0 Å². The lowest BCUT2D eigenvalue weighted by atomic mass is 9.94. The van der Waals surface area contributed by atoms with E-state index in [1.54, 1.807) is 0 Å².